The van der Waals surface area contributed by atoms with Crippen LogP contribution in [0.2, 0.25) is 0 Å². The minimum Gasteiger partial charge on any atom is -0.383 e. The van der Waals surface area contributed by atoms with E-state index < -0.39 is 0 Å². The molecule has 88 valence electrons. The number of likely N-dealkylation sites (tertiary alicyclic amines) is 1. The van der Waals surface area contributed by atoms with E-state index in [9.17, 15) is 4.79 Å². The van der Waals surface area contributed by atoms with Crippen LogP contribution in [0.25, 0.3) is 0 Å². The summed E-state index contributed by atoms with van der Waals surface area (Å²) in [7, 11) is 0. The molecular formula is C11H18N4O. The van der Waals surface area contributed by atoms with E-state index in [2.05, 4.69) is 24.0 Å². The van der Waals surface area contributed by atoms with E-state index >= 15 is 0 Å². The van der Waals surface area contributed by atoms with Gasteiger partial charge in [-0.05, 0) is 25.7 Å². The highest BCUT2D eigenvalue weighted by atomic mass is 16.2. The molecule has 2 atom stereocenters. The predicted molar refractivity (Wildman–Crippen MR) is 61.9 cm³/mol. The molecule has 5 nitrogen and oxygen atoms in total. The lowest BCUT2D eigenvalue weighted by Crippen LogP contribution is -2.46. The second-order valence-electron chi connectivity index (χ2n) is 4.56. The summed E-state index contributed by atoms with van der Waals surface area (Å²) >= 11 is 0. The summed E-state index contributed by atoms with van der Waals surface area (Å²) in [4.78, 5) is 14.1. The van der Waals surface area contributed by atoms with Gasteiger partial charge in [-0.2, -0.15) is 5.10 Å². The largest absolute Gasteiger partial charge is 0.383 e. The number of hydrogen-bond donors (Lipinski definition) is 2. The van der Waals surface area contributed by atoms with Crippen LogP contribution >= 0.6 is 0 Å². The average Bonchev–Trinajstić information content (AvgIpc) is 2.68. The molecule has 0 bridgehead atoms. The highest BCUT2D eigenvalue weighted by Crippen LogP contribution is 2.25. The van der Waals surface area contributed by atoms with Crippen LogP contribution in [-0.4, -0.2) is 33.6 Å². The standard InChI is InChI=1S/C11H18N4O/c1-7-4-3-5-15(8(7)2)11(16)9-6-13-14-10(9)12/h6-8H,3-5H2,1-2H3,(H3,12,13,14). The number of aromatic amines is 1. The van der Waals surface area contributed by atoms with Crippen LogP contribution < -0.4 is 5.73 Å². The second kappa shape index (κ2) is 4.15. The number of nitrogens with one attached hydrogen (secondary N) is 1. The molecule has 3 N–H and O–H groups in total. The molecule has 1 aliphatic heterocycles. The Bertz CT molecular complexity index is 387. The quantitative estimate of drug-likeness (QED) is 0.751. The summed E-state index contributed by atoms with van der Waals surface area (Å²) in [5.74, 6) is 0.895. The molecule has 0 aromatic carbocycles. The highest BCUT2D eigenvalue weighted by molar-refractivity contribution is 5.98. The zero-order valence-corrected chi connectivity index (χ0v) is 9.73. The van der Waals surface area contributed by atoms with Gasteiger partial charge in [0.15, 0.2) is 0 Å². The molecule has 0 aliphatic carbocycles. The predicted octanol–water partition coefficient (Wildman–Crippen LogP) is 1.25. The number of hydrogen-bond acceptors (Lipinski definition) is 3. The van der Waals surface area contributed by atoms with Crippen LogP contribution in [-0.2, 0) is 0 Å². The van der Waals surface area contributed by atoms with Crippen molar-refractivity contribution in [1.82, 2.24) is 15.1 Å². The van der Waals surface area contributed by atoms with E-state index in [1.807, 2.05) is 4.90 Å². The summed E-state index contributed by atoms with van der Waals surface area (Å²) in [5.41, 5.74) is 6.15. The number of aromatic nitrogens is 2. The van der Waals surface area contributed by atoms with E-state index in [4.69, 9.17) is 5.73 Å². The third-order valence-electron chi connectivity index (χ3n) is 3.53. The van der Waals surface area contributed by atoms with Gasteiger partial charge in [-0.25, -0.2) is 0 Å². The van der Waals surface area contributed by atoms with Crippen LogP contribution in [0.1, 0.15) is 37.0 Å². The first kappa shape index (κ1) is 11.0. The smallest absolute Gasteiger partial charge is 0.259 e. The number of rotatable bonds is 1. The number of H-pyrrole nitrogens is 1. The fourth-order valence-electron chi connectivity index (χ4n) is 2.24. The Morgan fingerprint density at radius 1 is 1.62 bits per heavy atom. The van der Waals surface area contributed by atoms with Crippen molar-refractivity contribution in [3.05, 3.63) is 11.8 Å². The van der Waals surface area contributed by atoms with Crippen molar-refractivity contribution >= 4 is 11.7 Å². The number of amides is 1. The molecular weight excluding hydrogens is 204 g/mol. The van der Waals surface area contributed by atoms with Gasteiger partial charge >= 0.3 is 0 Å². The highest BCUT2D eigenvalue weighted by Gasteiger charge is 2.30. The molecule has 1 aromatic heterocycles. The zero-order valence-electron chi connectivity index (χ0n) is 9.73. The number of nitrogen functional groups attached to an aromatic ring is 1. The molecule has 1 aliphatic rings. The Balaban J connectivity index is 2.18. The maximum atomic E-state index is 12.2. The lowest BCUT2D eigenvalue weighted by Gasteiger charge is -2.37. The van der Waals surface area contributed by atoms with Gasteiger partial charge in [0.05, 0.1) is 6.20 Å². The Kier molecular flexibility index (Phi) is 2.85. The lowest BCUT2D eigenvalue weighted by molar-refractivity contribution is 0.0552. The molecule has 2 rings (SSSR count). The molecule has 1 saturated heterocycles. The molecule has 0 radical (unpaired) electrons. The normalized spacial score (nSPS) is 25.8. The van der Waals surface area contributed by atoms with Gasteiger partial charge in [-0.15, -0.1) is 0 Å². The molecule has 0 spiro atoms. The molecule has 5 heteroatoms. The number of nitrogens with zero attached hydrogens (tertiary/aromatic N) is 2. The number of anilines is 1. The summed E-state index contributed by atoms with van der Waals surface area (Å²) in [6.07, 6.45) is 3.75. The monoisotopic (exact) mass is 222 g/mol. The first-order chi connectivity index (χ1) is 7.61. The third kappa shape index (κ3) is 1.77. The first-order valence-electron chi connectivity index (χ1n) is 5.71. The van der Waals surface area contributed by atoms with E-state index in [0.717, 1.165) is 13.0 Å². The summed E-state index contributed by atoms with van der Waals surface area (Å²) in [6.45, 7) is 5.09. The number of carbonyl (C=O) groups excluding carboxylic acids is 1. The Morgan fingerprint density at radius 3 is 3.00 bits per heavy atom. The fraction of sp³-hybridized carbons (Fsp3) is 0.636. The van der Waals surface area contributed by atoms with Crippen molar-refractivity contribution in [3.63, 3.8) is 0 Å². The fourth-order valence-corrected chi connectivity index (χ4v) is 2.24. The van der Waals surface area contributed by atoms with Crippen LogP contribution in [0.5, 0.6) is 0 Å². The van der Waals surface area contributed by atoms with E-state index in [-0.39, 0.29) is 11.9 Å². The van der Waals surface area contributed by atoms with E-state index in [0.29, 0.717) is 17.3 Å². The molecule has 0 saturated carbocycles. The van der Waals surface area contributed by atoms with Crippen molar-refractivity contribution in [3.8, 4) is 0 Å². The Morgan fingerprint density at radius 2 is 2.38 bits per heavy atom. The van der Waals surface area contributed by atoms with Gasteiger partial charge in [0.25, 0.3) is 5.91 Å². The van der Waals surface area contributed by atoms with Gasteiger partial charge in [0.2, 0.25) is 0 Å². The van der Waals surface area contributed by atoms with Crippen molar-refractivity contribution in [1.29, 1.82) is 0 Å². The molecule has 2 unspecified atom stereocenters. The lowest BCUT2D eigenvalue weighted by atomic mass is 9.91. The van der Waals surface area contributed by atoms with Gasteiger partial charge in [-0.3, -0.25) is 9.89 Å². The van der Waals surface area contributed by atoms with Gasteiger partial charge < -0.3 is 10.6 Å². The molecule has 1 aromatic rings. The SMILES string of the molecule is CC1CCCN(C(=O)c2cn[nH]c2N)C1C. The van der Waals surface area contributed by atoms with Gasteiger partial charge in [0, 0.05) is 12.6 Å². The van der Waals surface area contributed by atoms with Crippen LogP contribution in [0.4, 0.5) is 5.82 Å². The molecule has 2 heterocycles. The molecule has 16 heavy (non-hydrogen) atoms. The summed E-state index contributed by atoms with van der Waals surface area (Å²) in [6, 6.07) is 0.274. The number of carbonyl (C=O) groups is 1. The van der Waals surface area contributed by atoms with Gasteiger partial charge in [0.1, 0.15) is 11.4 Å². The van der Waals surface area contributed by atoms with Crippen LogP contribution in [0.15, 0.2) is 6.20 Å². The average molecular weight is 222 g/mol. The van der Waals surface area contributed by atoms with E-state index in [1.54, 1.807) is 0 Å². The third-order valence-corrected chi connectivity index (χ3v) is 3.53. The first-order valence-corrected chi connectivity index (χ1v) is 5.71. The van der Waals surface area contributed by atoms with E-state index in [1.165, 1.54) is 12.6 Å². The topological polar surface area (TPSA) is 75.0 Å². The van der Waals surface area contributed by atoms with Crippen LogP contribution in [0, 0.1) is 5.92 Å². The van der Waals surface area contributed by atoms with Gasteiger partial charge in [-0.1, -0.05) is 6.92 Å². The maximum Gasteiger partial charge on any atom is 0.259 e. The van der Waals surface area contributed by atoms with Crippen molar-refractivity contribution in [2.75, 3.05) is 12.3 Å². The zero-order chi connectivity index (χ0) is 11.7. The summed E-state index contributed by atoms with van der Waals surface area (Å²) < 4.78 is 0. The molecule has 1 fully saturated rings. The number of piperidine rings is 1. The molecule has 1 amide bonds. The minimum absolute atomic E-state index is 0.00898. The van der Waals surface area contributed by atoms with Crippen molar-refractivity contribution in [2.45, 2.75) is 32.7 Å². The second-order valence-corrected chi connectivity index (χ2v) is 4.56. The maximum absolute atomic E-state index is 12.2. The Labute approximate surface area is 95.0 Å². The summed E-state index contributed by atoms with van der Waals surface area (Å²) in [5, 5.41) is 6.38. The number of nitrogens with two attached hydrogens (primary N) is 1. The van der Waals surface area contributed by atoms with Crippen molar-refractivity contribution < 1.29 is 4.79 Å². The van der Waals surface area contributed by atoms with Crippen molar-refractivity contribution in [2.24, 2.45) is 5.92 Å². The Hall–Kier alpha value is -1.52. The van der Waals surface area contributed by atoms with Crippen LogP contribution in [0.3, 0.4) is 0 Å². The minimum atomic E-state index is -0.00898.